The van der Waals surface area contributed by atoms with Crippen LogP contribution in [-0.4, -0.2) is 16.4 Å². The Morgan fingerprint density at radius 2 is 1.55 bits per heavy atom. The molecule has 0 aliphatic heterocycles. The van der Waals surface area contributed by atoms with Gasteiger partial charge in [0, 0.05) is 5.92 Å². The third-order valence-corrected chi connectivity index (χ3v) is 6.05. The van der Waals surface area contributed by atoms with Crippen LogP contribution >= 0.6 is 12.2 Å². The molecule has 0 aromatic carbocycles. The van der Waals surface area contributed by atoms with Crippen LogP contribution in [0.1, 0.15) is 64.2 Å². The van der Waals surface area contributed by atoms with Gasteiger partial charge in [-0.15, -0.1) is 0 Å². The first-order chi connectivity index (χ1) is 9.61. The molecule has 20 heavy (non-hydrogen) atoms. The molecule has 2 atom stereocenters. The van der Waals surface area contributed by atoms with E-state index in [0.29, 0.717) is 4.99 Å². The molecule has 0 heterocycles. The maximum Gasteiger partial charge on any atom is 0.223 e. The molecule has 0 aromatic heterocycles. The molecule has 3 nitrogen and oxygen atoms in total. The lowest BCUT2D eigenvalue weighted by atomic mass is 9.83. The fourth-order valence-electron chi connectivity index (χ4n) is 4.21. The molecule has 3 aliphatic carbocycles. The first kappa shape index (κ1) is 14.3. The summed E-state index contributed by atoms with van der Waals surface area (Å²) in [5.74, 6) is 2.11. The molecule has 1 amide bonds. The van der Waals surface area contributed by atoms with E-state index in [2.05, 4.69) is 5.32 Å². The number of thiocarbonyl (C=S) groups is 1. The standard InChI is InChI=1S/C16H26N2OS/c17-15(20)16(6-4-2-1-3-5-7-16)18-14(19)13-9-11-8-12(11)10-13/h11-13H,1-10H2,(H2,17,20)(H,18,19). The van der Waals surface area contributed by atoms with Gasteiger partial charge in [0.15, 0.2) is 0 Å². The summed E-state index contributed by atoms with van der Waals surface area (Å²) in [5.41, 5.74) is 5.62. The predicted octanol–water partition coefficient (Wildman–Crippen LogP) is 2.92. The lowest BCUT2D eigenvalue weighted by Gasteiger charge is -2.36. The SMILES string of the molecule is NC(=S)C1(NC(=O)C2CC3CC3C2)CCCCCCC1. The van der Waals surface area contributed by atoms with Crippen LogP contribution in [0, 0.1) is 17.8 Å². The van der Waals surface area contributed by atoms with E-state index in [0.717, 1.165) is 50.4 Å². The van der Waals surface area contributed by atoms with Gasteiger partial charge in [0.1, 0.15) is 0 Å². The zero-order chi connectivity index (χ0) is 14.2. The number of rotatable bonds is 3. The van der Waals surface area contributed by atoms with Crippen molar-refractivity contribution in [3.8, 4) is 0 Å². The quantitative estimate of drug-likeness (QED) is 0.787. The third-order valence-electron chi connectivity index (χ3n) is 5.66. The van der Waals surface area contributed by atoms with Crippen LogP contribution in [0.3, 0.4) is 0 Å². The average Bonchev–Trinajstić information content (AvgIpc) is 2.99. The zero-order valence-corrected chi connectivity index (χ0v) is 13.0. The summed E-state index contributed by atoms with van der Waals surface area (Å²) < 4.78 is 0. The second-order valence-electron chi connectivity index (χ2n) is 7.13. The van der Waals surface area contributed by atoms with E-state index < -0.39 is 5.54 Å². The third kappa shape index (κ3) is 2.85. The molecule has 112 valence electrons. The number of nitrogens with two attached hydrogens (primary N) is 1. The minimum absolute atomic E-state index is 0.213. The van der Waals surface area contributed by atoms with Gasteiger partial charge in [0.25, 0.3) is 0 Å². The average molecular weight is 294 g/mol. The normalized spacial score (nSPS) is 35.5. The van der Waals surface area contributed by atoms with Crippen molar-refractivity contribution < 1.29 is 4.79 Å². The van der Waals surface area contributed by atoms with Crippen molar-refractivity contribution in [2.75, 3.05) is 0 Å². The van der Waals surface area contributed by atoms with E-state index in [-0.39, 0.29) is 11.8 Å². The zero-order valence-electron chi connectivity index (χ0n) is 12.2. The van der Waals surface area contributed by atoms with Crippen LogP contribution in [0.2, 0.25) is 0 Å². The highest BCUT2D eigenvalue weighted by atomic mass is 32.1. The van der Waals surface area contributed by atoms with Crippen molar-refractivity contribution in [2.24, 2.45) is 23.5 Å². The van der Waals surface area contributed by atoms with Crippen LogP contribution in [-0.2, 0) is 4.79 Å². The molecule has 3 N–H and O–H groups in total. The summed E-state index contributed by atoms with van der Waals surface area (Å²) >= 11 is 5.32. The molecule has 3 aliphatic rings. The van der Waals surface area contributed by atoms with Gasteiger partial charge < -0.3 is 11.1 Å². The Labute approximate surface area is 127 Å². The minimum Gasteiger partial charge on any atom is -0.391 e. The highest BCUT2D eigenvalue weighted by Gasteiger charge is 2.49. The molecule has 4 heteroatoms. The summed E-state index contributed by atoms with van der Waals surface area (Å²) in [5, 5.41) is 3.28. The summed E-state index contributed by atoms with van der Waals surface area (Å²) in [6.07, 6.45) is 11.4. The van der Waals surface area contributed by atoms with Crippen molar-refractivity contribution >= 4 is 23.1 Å². The van der Waals surface area contributed by atoms with Gasteiger partial charge in [-0.05, 0) is 43.9 Å². The fraction of sp³-hybridized carbons (Fsp3) is 0.875. The smallest absolute Gasteiger partial charge is 0.223 e. The number of carbonyl (C=O) groups excluding carboxylic acids is 1. The fourth-order valence-corrected chi connectivity index (χ4v) is 4.46. The second kappa shape index (κ2) is 5.63. The van der Waals surface area contributed by atoms with Gasteiger partial charge in [0.2, 0.25) is 5.91 Å². The Bertz CT molecular complexity index is 391. The van der Waals surface area contributed by atoms with Gasteiger partial charge >= 0.3 is 0 Å². The number of hydrogen-bond donors (Lipinski definition) is 2. The molecule has 3 saturated carbocycles. The lowest BCUT2D eigenvalue weighted by Crippen LogP contribution is -2.58. The Balaban J connectivity index is 1.65. The number of hydrogen-bond acceptors (Lipinski definition) is 2. The number of carbonyl (C=O) groups is 1. The summed E-state index contributed by atoms with van der Waals surface area (Å²) in [7, 11) is 0. The highest BCUT2D eigenvalue weighted by Crippen LogP contribution is 2.54. The van der Waals surface area contributed by atoms with Crippen LogP contribution in [0.15, 0.2) is 0 Å². The van der Waals surface area contributed by atoms with Gasteiger partial charge in [-0.2, -0.15) is 0 Å². The van der Waals surface area contributed by atoms with Crippen molar-refractivity contribution in [1.82, 2.24) is 5.32 Å². The van der Waals surface area contributed by atoms with E-state index in [4.69, 9.17) is 18.0 Å². The van der Waals surface area contributed by atoms with Crippen molar-refractivity contribution in [1.29, 1.82) is 0 Å². The predicted molar refractivity (Wildman–Crippen MR) is 84.3 cm³/mol. The maximum atomic E-state index is 12.6. The summed E-state index contributed by atoms with van der Waals surface area (Å²) in [6.45, 7) is 0. The Hall–Kier alpha value is -0.640. The van der Waals surface area contributed by atoms with Crippen molar-refractivity contribution in [3.05, 3.63) is 0 Å². The van der Waals surface area contributed by atoms with E-state index in [9.17, 15) is 4.79 Å². The van der Waals surface area contributed by atoms with Gasteiger partial charge in [-0.1, -0.05) is 44.3 Å². The molecular weight excluding hydrogens is 268 g/mol. The molecule has 0 radical (unpaired) electrons. The number of fused-ring (bicyclic) bond motifs is 1. The van der Waals surface area contributed by atoms with Gasteiger partial charge in [-0.3, -0.25) is 4.79 Å². The maximum absolute atomic E-state index is 12.6. The number of nitrogens with one attached hydrogen (secondary N) is 1. The molecule has 2 unspecified atom stereocenters. The van der Waals surface area contributed by atoms with Crippen LogP contribution in [0.5, 0.6) is 0 Å². The van der Waals surface area contributed by atoms with E-state index in [1.165, 1.54) is 25.7 Å². The van der Waals surface area contributed by atoms with E-state index in [1.54, 1.807) is 0 Å². The molecule has 0 saturated heterocycles. The largest absolute Gasteiger partial charge is 0.391 e. The Morgan fingerprint density at radius 1 is 1.00 bits per heavy atom. The molecule has 0 aromatic rings. The monoisotopic (exact) mass is 294 g/mol. The molecule has 3 rings (SSSR count). The van der Waals surface area contributed by atoms with E-state index in [1.807, 2.05) is 0 Å². The summed E-state index contributed by atoms with van der Waals surface area (Å²) in [4.78, 5) is 13.1. The van der Waals surface area contributed by atoms with Crippen LogP contribution in [0.25, 0.3) is 0 Å². The van der Waals surface area contributed by atoms with Gasteiger partial charge in [0.05, 0.1) is 10.5 Å². The lowest BCUT2D eigenvalue weighted by molar-refractivity contribution is -0.126. The highest BCUT2D eigenvalue weighted by molar-refractivity contribution is 7.80. The topological polar surface area (TPSA) is 55.1 Å². The van der Waals surface area contributed by atoms with Crippen molar-refractivity contribution in [2.45, 2.75) is 69.7 Å². The van der Waals surface area contributed by atoms with Crippen LogP contribution < -0.4 is 11.1 Å². The molecule has 0 spiro atoms. The first-order valence-corrected chi connectivity index (χ1v) is 8.63. The first-order valence-electron chi connectivity index (χ1n) is 8.23. The summed E-state index contributed by atoms with van der Waals surface area (Å²) in [6, 6.07) is 0. The van der Waals surface area contributed by atoms with Crippen LogP contribution in [0.4, 0.5) is 0 Å². The number of amides is 1. The molecule has 0 bridgehead atoms. The molecular formula is C16H26N2OS. The second-order valence-corrected chi connectivity index (χ2v) is 7.57. The molecule has 3 fully saturated rings. The van der Waals surface area contributed by atoms with E-state index >= 15 is 0 Å². The minimum atomic E-state index is -0.403. The Kier molecular flexibility index (Phi) is 4.02. The Morgan fingerprint density at radius 3 is 2.10 bits per heavy atom. The van der Waals surface area contributed by atoms with Gasteiger partial charge in [-0.25, -0.2) is 0 Å². The van der Waals surface area contributed by atoms with Crippen molar-refractivity contribution in [3.63, 3.8) is 0 Å².